The first-order chi connectivity index (χ1) is 66.8. The highest BCUT2D eigenvalue weighted by Gasteiger charge is 2.47. The predicted octanol–water partition coefficient (Wildman–Crippen LogP) is 30.7. The zero-order valence-electron chi connectivity index (χ0n) is 76.1. The molecular weight excluding hydrogens is 1640 g/mol. The number of benzene rings is 20. The third kappa shape index (κ3) is 12.4. The van der Waals surface area contributed by atoms with Crippen LogP contribution in [0.4, 0.5) is 34.1 Å². The Hall–Kier alpha value is -17.3. The second kappa shape index (κ2) is 31.2. The molecule has 634 valence electrons. The lowest BCUT2D eigenvalue weighted by Gasteiger charge is -2.42. The van der Waals surface area contributed by atoms with Gasteiger partial charge in [-0.05, 0) is 358 Å². The van der Waals surface area contributed by atoms with Crippen molar-refractivity contribution in [3.05, 3.63) is 457 Å². The Balaban J connectivity index is 0.623. The van der Waals surface area contributed by atoms with Crippen molar-refractivity contribution in [1.82, 2.24) is 8.96 Å². The maximum atomic E-state index is 10.3. The van der Waals surface area contributed by atoms with E-state index in [0.717, 1.165) is 106 Å². The van der Waals surface area contributed by atoms with Gasteiger partial charge in [-0.15, -0.1) is 0 Å². The van der Waals surface area contributed by atoms with Gasteiger partial charge in [0, 0.05) is 88.9 Å². The first kappa shape index (κ1) is 79.6. The first-order valence-corrected chi connectivity index (χ1v) is 47.1. The van der Waals surface area contributed by atoms with Gasteiger partial charge in [-0.25, -0.2) is 0 Å². The molecule has 0 aliphatic carbocycles. The molecule has 0 saturated carbocycles. The zero-order chi connectivity index (χ0) is 91.0. The summed E-state index contributed by atoms with van der Waals surface area (Å²) in [6.07, 6.45) is 0. The minimum absolute atomic E-state index is 0.230. The normalized spacial score (nSPS) is 12.4. The molecule has 0 saturated heterocycles. The number of nitriles is 2. The molecule has 0 amide bonds. The van der Waals surface area contributed by atoms with Crippen molar-refractivity contribution in [1.29, 1.82) is 10.5 Å². The molecule has 4 aliphatic heterocycles. The van der Waals surface area contributed by atoms with Gasteiger partial charge in [0.15, 0.2) is 0 Å². The number of rotatable bonds is 13. The Morgan fingerprint density at radius 1 is 0.213 bits per heavy atom. The summed E-state index contributed by atoms with van der Waals surface area (Å²) in [7, 11) is 0. The number of anilines is 6. The summed E-state index contributed by atoms with van der Waals surface area (Å²) in [6.45, 7) is 13.2. The van der Waals surface area contributed by atoms with Crippen LogP contribution in [0.5, 0.6) is 0 Å². The van der Waals surface area contributed by atoms with Crippen LogP contribution in [0.2, 0.25) is 0 Å². The minimum Gasteiger partial charge on any atom is -0.375 e. The Morgan fingerprint density at radius 3 is 0.941 bits per heavy atom. The van der Waals surface area contributed by atoms with Crippen LogP contribution in [0.3, 0.4) is 0 Å². The highest BCUT2D eigenvalue weighted by Crippen LogP contribution is 2.55. The molecule has 2 aromatic heterocycles. The van der Waals surface area contributed by atoms with Crippen LogP contribution in [0.25, 0.3) is 188 Å². The summed E-state index contributed by atoms with van der Waals surface area (Å²) >= 11 is 0. The number of nitrogens with zero attached hydrogens (tertiary/aromatic N) is 6. The summed E-state index contributed by atoms with van der Waals surface area (Å²) in [5.41, 5.74) is 55.1. The highest BCUT2D eigenvalue weighted by atomic mass is 15.2. The van der Waals surface area contributed by atoms with Gasteiger partial charge in [0.1, 0.15) is 0 Å². The minimum atomic E-state index is -0.234. The standard InChI is InChI=1S/C128H86B2N6/c1-77-22-19-23-78(2)121(77)100-55-61-116-108(66-100)110-69-102(122-79(3)24-20-25-80(122)4)70-112-124-82(6)106(94-42-38-84(76-132)39-43-94)74-120-126(124)130(136(116)128(110)112)114-72-99(88-32-17-10-18-33-88)54-63-118(114)134(120)104-58-50-91(51-59-104)96-35-21-34-95(64-96)90-44-46-92(47-45-90)101-67-109-107-65-97(86-28-13-8-14-29-86)52-60-115(107)135-127(109)111(68-101)123-81(5)105(93-40-36-83(75-131)37-41-93)73-119-125(123)129(135)113-71-98(87-30-15-9-16-31-87)53-62-117(113)133(119)103-56-48-89(49-57-103)85-26-11-7-12-27-85/h7-74H,1-6H3. The summed E-state index contributed by atoms with van der Waals surface area (Å²) in [4.78, 5) is 5.07. The van der Waals surface area contributed by atoms with Crippen LogP contribution in [-0.4, -0.2) is 22.7 Å². The monoisotopic (exact) mass is 1730 g/mol. The van der Waals surface area contributed by atoms with E-state index >= 15 is 0 Å². The van der Waals surface area contributed by atoms with Crippen LogP contribution in [0.15, 0.2) is 413 Å². The van der Waals surface area contributed by atoms with Crippen LogP contribution in [0, 0.1) is 64.2 Å². The van der Waals surface area contributed by atoms with Gasteiger partial charge < -0.3 is 18.8 Å². The summed E-state index contributed by atoms with van der Waals surface area (Å²) < 4.78 is 5.40. The zero-order valence-corrected chi connectivity index (χ0v) is 76.1. The van der Waals surface area contributed by atoms with E-state index in [9.17, 15) is 10.5 Å². The topological polar surface area (TPSA) is 63.9 Å². The third-order valence-electron chi connectivity index (χ3n) is 29.8. The van der Waals surface area contributed by atoms with Crippen molar-refractivity contribution in [3.8, 4) is 157 Å². The smallest absolute Gasteiger partial charge is 0.333 e. The highest BCUT2D eigenvalue weighted by molar-refractivity contribution is 6.91. The van der Waals surface area contributed by atoms with E-state index < -0.39 is 0 Å². The molecular formula is C128H86B2N6. The second-order valence-electron chi connectivity index (χ2n) is 37.4. The van der Waals surface area contributed by atoms with Gasteiger partial charge in [0.2, 0.25) is 0 Å². The summed E-state index contributed by atoms with van der Waals surface area (Å²) in [5, 5.41) is 25.4. The van der Waals surface area contributed by atoms with E-state index in [1.165, 1.54) is 171 Å². The molecule has 0 bridgehead atoms. The van der Waals surface area contributed by atoms with Crippen molar-refractivity contribution in [2.45, 2.75) is 41.5 Å². The van der Waals surface area contributed by atoms with Crippen LogP contribution in [0.1, 0.15) is 44.5 Å². The number of aryl methyl sites for hydroxylation is 4. The number of hydrogen-bond donors (Lipinski definition) is 0. The van der Waals surface area contributed by atoms with Crippen molar-refractivity contribution in [2.24, 2.45) is 0 Å². The molecule has 0 fully saturated rings. The lowest BCUT2D eigenvalue weighted by molar-refractivity contribution is 1.25. The summed E-state index contributed by atoms with van der Waals surface area (Å²) in [5.74, 6) is 0. The molecule has 0 N–H and O–H groups in total. The summed E-state index contributed by atoms with van der Waals surface area (Å²) in [6, 6.07) is 158. The fraction of sp³-hybridized carbons (Fsp3) is 0.0469. The first-order valence-electron chi connectivity index (χ1n) is 47.1. The average molecular weight is 1730 g/mol. The molecule has 136 heavy (non-hydrogen) atoms. The van der Waals surface area contributed by atoms with Crippen LogP contribution >= 0.6 is 0 Å². The number of fused-ring (bicyclic) bond motifs is 14. The molecule has 0 atom stereocenters. The van der Waals surface area contributed by atoms with Gasteiger partial charge in [0.25, 0.3) is 0 Å². The lowest BCUT2D eigenvalue weighted by Crippen LogP contribution is -2.57. The van der Waals surface area contributed by atoms with Crippen LogP contribution < -0.4 is 31.7 Å². The Morgan fingerprint density at radius 2 is 0.515 bits per heavy atom. The Bertz CT molecular complexity index is 8850. The number of aromatic nitrogens is 2. The van der Waals surface area contributed by atoms with Gasteiger partial charge in [-0.1, -0.05) is 285 Å². The van der Waals surface area contributed by atoms with E-state index in [4.69, 9.17) is 0 Å². The fourth-order valence-corrected chi connectivity index (χ4v) is 23.5. The van der Waals surface area contributed by atoms with Gasteiger partial charge in [-0.3, -0.25) is 0 Å². The van der Waals surface area contributed by atoms with Crippen molar-refractivity contribution in [3.63, 3.8) is 0 Å². The van der Waals surface area contributed by atoms with E-state index in [1.54, 1.807) is 0 Å². The molecule has 6 nitrogen and oxygen atoms in total. The number of hydrogen-bond acceptors (Lipinski definition) is 4. The van der Waals surface area contributed by atoms with Gasteiger partial charge in [0.05, 0.1) is 23.3 Å². The predicted molar refractivity (Wildman–Crippen MR) is 571 cm³/mol. The van der Waals surface area contributed by atoms with E-state index in [2.05, 4.69) is 461 Å². The van der Waals surface area contributed by atoms with Crippen molar-refractivity contribution >= 4 is 113 Å². The average Bonchev–Trinajstić information content (AvgIpc) is 1.51. The molecule has 0 unspecified atom stereocenters. The SMILES string of the molecule is Cc1cccc(C)c1-c1ccc2c(c1)c1cc(-c3c(C)cccc3C)cc3c1n2B1c2cc(-c4ccccc4)ccc2N(c2ccc(-c4cccc(-c5ccc(-c6cc7c8c(c6)c6cc(-c9ccccc9)ccc6n8B6c8cc(-c9ccccc9)ccc8N(c8ccc(-c9ccccc9)cc8)c8cc(-c9ccc(C#N)cc9)c(C)c-7c86)cc5)c4)cc2)c2cc(-c4ccc(C#N)cc4)c(C)c-3c21. The Kier molecular flexibility index (Phi) is 18.3. The molecule has 20 aromatic carbocycles. The van der Waals surface area contributed by atoms with Gasteiger partial charge in [-0.2, -0.15) is 10.5 Å². The molecule has 0 radical (unpaired) electrons. The quantitative estimate of drug-likeness (QED) is 0.108. The molecule has 6 heterocycles. The molecule has 26 rings (SSSR count). The van der Waals surface area contributed by atoms with Crippen molar-refractivity contribution < 1.29 is 0 Å². The third-order valence-corrected chi connectivity index (χ3v) is 29.8. The Labute approximate surface area is 792 Å². The second-order valence-corrected chi connectivity index (χ2v) is 37.4. The van der Waals surface area contributed by atoms with Crippen LogP contribution in [-0.2, 0) is 0 Å². The molecule has 4 aliphatic rings. The lowest BCUT2D eigenvalue weighted by atomic mass is 9.44. The largest absolute Gasteiger partial charge is 0.375 e. The van der Waals surface area contributed by atoms with Crippen molar-refractivity contribution in [2.75, 3.05) is 9.80 Å². The maximum Gasteiger partial charge on any atom is 0.333 e. The van der Waals surface area contributed by atoms with E-state index in [0.29, 0.717) is 11.1 Å². The van der Waals surface area contributed by atoms with Gasteiger partial charge >= 0.3 is 13.7 Å². The van der Waals surface area contributed by atoms with E-state index in [-0.39, 0.29) is 13.7 Å². The fourth-order valence-electron chi connectivity index (χ4n) is 23.5. The van der Waals surface area contributed by atoms with E-state index in [1.807, 2.05) is 24.3 Å². The maximum absolute atomic E-state index is 10.3. The molecule has 0 spiro atoms. The molecule has 8 heteroatoms. The molecule has 22 aromatic rings.